The number of H-pyrrole nitrogens is 2. The molecule has 0 aliphatic rings. The average molecular weight is 200 g/mol. The molecule has 1 heterocycles. The van der Waals surface area contributed by atoms with Crippen molar-refractivity contribution in [1.29, 1.82) is 0 Å². The van der Waals surface area contributed by atoms with Crippen LogP contribution < -0.4 is 5.69 Å². The highest BCUT2D eigenvalue weighted by molar-refractivity contribution is 4.81. The summed E-state index contributed by atoms with van der Waals surface area (Å²) in [6.07, 6.45) is 0. The van der Waals surface area contributed by atoms with Crippen LogP contribution >= 0.6 is 0 Å². The van der Waals surface area contributed by atoms with Crippen LogP contribution in [0.15, 0.2) is 4.79 Å². The van der Waals surface area contributed by atoms with Gasteiger partial charge in [0.15, 0.2) is 0 Å². The summed E-state index contributed by atoms with van der Waals surface area (Å²) in [4.78, 5) is 15.1. The van der Waals surface area contributed by atoms with E-state index in [9.17, 15) is 9.90 Å². The third kappa shape index (κ3) is 3.71. The van der Waals surface area contributed by atoms with Crippen LogP contribution in [0.2, 0.25) is 0 Å². The van der Waals surface area contributed by atoms with E-state index < -0.39 is 5.60 Å². The summed E-state index contributed by atoms with van der Waals surface area (Å²) in [7, 11) is 1.85. The molecule has 14 heavy (non-hydrogen) atoms. The van der Waals surface area contributed by atoms with Crippen molar-refractivity contribution in [2.45, 2.75) is 26.0 Å². The number of nitrogens with zero attached hydrogens (tertiary/aromatic N) is 2. The highest BCUT2D eigenvalue weighted by Gasteiger charge is 2.16. The molecule has 0 atom stereocenters. The fourth-order valence-electron chi connectivity index (χ4n) is 1.35. The molecule has 0 aromatic carbocycles. The number of likely N-dealkylation sites (N-methyl/N-ethyl adjacent to an activating group) is 1. The molecule has 0 aliphatic heterocycles. The van der Waals surface area contributed by atoms with E-state index in [-0.39, 0.29) is 5.69 Å². The molecule has 0 aliphatic carbocycles. The molecule has 0 fully saturated rings. The Bertz CT molecular complexity index is 336. The van der Waals surface area contributed by atoms with Crippen LogP contribution in [-0.2, 0) is 6.54 Å². The quantitative estimate of drug-likeness (QED) is 0.600. The Morgan fingerprint density at radius 2 is 2.21 bits per heavy atom. The first-order valence-electron chi connectivity index (χ1n) is 4.41. The van der Waals surface area contributed by atoms with Gasteiger partial charge in [-0.2, -0.15) is 5.10 Å². The number of nitrogens with one attached hydrogen (secondary N) is 2. The molecule has 0 radical (unpaired) electrons. The van der Waals surface area contributed by atoms with Crippen LogP contribution in [-0.4, -0.2) is 44.4 Å². The van der Waals surface area contributed by atoms with Gasteiger partial charge < -0.3 is 5.11 Å². The first kappa shape index (κ1) is 10.9. The van der Waals surface area contributed by atoms with Gasteiger partial charge in [-0.25, -0.2) is 9.89 Å². The third-order valence-corrected chi connectivity index (χ3v) is 1.63. The summed E-state index contributed by atoms with van der Waals surface area (Å²) in [5, 5.41) is 15.6. The van der Waals surface area contributed by atoms with Gasteiger partial charge in [-0.3, -0.25) is 9.88 Å². The Balaban J connectivity index is 2.49. The largest absolute Gasteiger partial charge is 0.389 e. The molecule has 3 N–H and O–H groups in total. The minimum atomic E-state index is -0.745. The first-order valence-corrected chi connectivity index (χ1v) is 4.41. The normalized spacial score (nSPS) is 12.4. The lowest BCUT2D eigenvalue weighted by atomic mass is 10.1. The van der Waals surface area contributed by atoms with Crippen molar-refractivity contribution in [3.63, 3.8) is 0 Å². The number of aliphatic hydroxyl groups is 1. The Morgan fingerprint density at radius 3 is 2.64 bits per heavy atom. The molecule has 1 aromatic rings. The zero-order chi connectivity index (χ0) is 10.8. The summed E-state index contributed by atoms with van der Waals surface area (Å²) >= 11 is 0. The van der Waals surface area contributed by atoms with Crippen molar-refractivity contribution in [3.05, 3.63) is 16.3 Å². The van der Waals surface area contributed by atoms with Crippen molar-refractivity contribution in [3.8, 4) is 0 Å². The van der Waals surface area contributed by atoms with Gasteiger partial charge >= 0.3 is 5.69 Å². The average Bonchev–Trinajstić information content (AvgIpc) is 2.30. The minimum absolute atomic E-state index is 0.309. The van der Waals surface area contributed by atoms with Crippen molar-refractivity contribution >= 4 is 0 Å². The molecule has 0 bridgehead atoms. The molecular weight excluding hydrogens is 184 g/mol. The van der Waals surface area contributed by atoms with E-state index in [0.29, 0.717) is 18.9 Å². The Hall–Kier alpha value is -1.14. The molecule has 6 heteroatoms. The summed E-state index contributed by atoms with van der Waals surface area (Å²) in [5.41, 5.74) is -1.05. The number of aromatic nitrogens is 3. The minimum Gasteiger partial charge on any atom is -0.389 e. The van der Waals surface area contributed by atoms with Crippen molar-refractivity contribution in [2.75, 3.05) is 13.6 Å². The van der Waals surface area contributed by atoms with Crippen LogP contribution in [0.3, 0.4) is 0 Å². The van der Waals surface area contributed by atoms with E-state index in [1.54, 1.807) is 13.8 Å². The van der Waals surface area contributed by atoms with Crippen LogP contribution in [0.25, 0.3) is 0 Å². The van der Waals surface area contributed by atoms with E-state index in [4.69, 9.17) is 0 Å². The molecule has 1 aromatic heterocycles. The monoisotopic (exact) mass is 200 g/mol. The zero-order valence-electron chi connectivity index (χ0n) is 8.66. The summed E-state index contributed by atoms with van der Waals surface area (Å²) in [5.74, 6) is 0.571. The van der Waals surface area contributed by atoms with Gasteiger partial charge in [-0.1, -0.05) is 0 Å². The van der Waals surface area contributed by atoms with Gasteiger partial charge in [0.2, 0.25) is 0 Å². The van der Waals surface area contributed by atoms with E-state index >= 15 is 0 Å². The molecule has 0 saturated carbocycles. The van der Waals surface area contributed by atoms with Crippen molar-refractivity contribution in [1.82, 2.24) is 20.1 Å². The number of hydrogen-bond acceptors (Lipinski definition) is 4. The summed E-state index contributed by atoms with van der Waals surface area (Å²) < 4.78 is 0. The zero-order valence-corrected chi connectivity index (χ0v) is 8.66. The second-order valence-corrected chi connectivity index (χ2v) is 4.11. The Labute approximate surface area is 82.0 Å². The molecule has 0 spiro atoms. The van der Waals surface area contributed by atoms with Crippen LogP contribution in [0.5, 0.6) is 0 Å². The lowest BCUT2D eigenvalue weighted by Gasteiger charge is -2.24. The van der Waals surface area contributed by atoms with Crippen LogP contribution in [0, 0.1) is 0 Å². The van der Waals surface area contributed by atoms with E-state index in [2.05, 4.69) is 15.2 Å². The van der Waals surface area contributed by atoms with Gasteiger partial charge in [0.05, 0.1) is 12.1 Å². The highest BCUT2D eigenvalue weighted by atomic mass is 16.3. The maximum atomic E-state index is 10.7. The lowest BCUT2D eigenvalue weighted by Crippen LogP contribution is -2.36. The Kier molecular flexibility index (Phi) is 3.07. The summed E-state index contributed by atoms with van der Waals surface area (Å²) in [6, 6.07) is 0. The van der Waals surface area contributed by atoms with Crippen molar-refractivity contribution in [2.24, 2.45) is 0 Å². The predicted octanol–water partition coefficient (Wildman–Crippen LogP) is -0.699. The molecular formula is C8H16N4O2. The maximum Gasteiger partial charge on any atom is 0.340 e. The van der Waals surface area contributed by atoms with Gasteiger partial charge in [0, 0.05) is 6.54 Å². The molecule has 6 nitrogen and oxygen atoms in total. The van der Waals surface area contributed by atoms with E-state index in [0.717, 1.165) is 0 Å². The lowest BCUT2D eigenvalue weighted by molar-refractivity contribution is 0.0418. The first-order chi connectivity index (χ1) is 6.37. The number of hydrogen-bond donors (Lipinski definition) is 3. The van der Waals surface area contributed by atoms with E-state index in [1.165, 1.54) is 0 Å². The molecule has 80 valence electrons. The fourth-order valence-corrected chi connectivity index (χ4v) is 1.35. The van der Waals surface area contributed by atoms with Gasteiger partial charge in [0.25, 0.3) is 0 Å². The summed E-state index contributed by atoms with van der Waals surface area (Å²) in [6.45, 7) is 4.48. The Morgan fingerprint density at radius 1 is 1.57 bits per heavy atom. The van der Waals surface area contributed by atoms with Crippen LogP contribution in [0.4, 0.5) is 0 Å². The SMILES string of the molecule is CN(Cc1n[nH]c(=O)[nH]1)CC(C)(C)O. The van der Waals surface area contributed by atoms with Crippen molar-refractivity contribution < 1.29 is 5.11 Å². The molecule has 0 amide bonds. The number of aromatic amines is 2. The molecule has 1 rings (SSSR count). The number of rotatable bonds is 4. The molecule has 0 unspecified atom stereocenters. The van der Waals surface area contributed by atoms with Crippen LogP contribution in [0.1, 0.15) is 19.7 Å². The predicted molar refractivity (Wildman–Crippen MR) is 51.8 cm³/mol. The second kappa shape index (κ2) is 3.93. The maximum absolute atomic E-state index is 10.7. The van der Waals surface area contributed by atoms with Gasteiger partial charge in [-0.15, -0.1) is 0 Å². The van der Waals surface area contributed by atoms with Gasteiger partial charge in [-0.05, 0) is 20.9 Å². The van der Waals surface area contributed by atoms with E-state index in [1.807, 2.05) is 11.9 Å². The topological polar surface area (TPSA) is 85.0 Å². The fraction of sp³-hybridized carbons (Fsp3) is 0.750. The third-order valence-electron chi connectivity index (χ3n) is 1.63. The van der Waals surface area contributed by atoms with Gasteiger partial charge in [0.1, 0.15) is 5.82 Å². The highest BCUT2D eigenvalue weighted by Crippen LogP contribution is 2.04. The second-order valence-electron chi connectivity index (χ2n) is 4.11. The standard InChI is InChI=1S/C8H16N4O2/c1-8(2,14)5-12(3)4-6-9-7(13)11-10-6/h14H,4-5H2,1-3H3,(H2,9,10,11,13). The smallest absolute Gasteiger partial charge is 0.340 e. The molecule has 0 saturated heterocycles.